The van der Waals surface area contributed by atoms with E-state index in [2.05, 4.69) is 6.58 Å². The van der Waals surface area contributed by atoms with Gasteiger partial charge in [0, 0.05) is 13.1 Å². The SMILES string of the molecule is C=C(C)C[C@H]1CN(C(=O)OC(C)(C)C)C23[C@H](OC[C@@H]2O)N(S(=O)(=O)c2ccc(C)cc2)CC[C@@H]13. The second-order valence-electron chi connectivity index (χ2n) is 10.9. The summed E-state index contributed by atoms with van der Waals surface area (Å²) >= 11 is 0. The summed E-state index contributed by atoms with van der Waals surface area (Å²) < 4.78 is 40.5. The molecule has 1 unspecified atom stereocenters. The molecule has 3 heterocycles. The Morgan fingerprint density at radius 2 is 1.94 bits per heavy atom. The maximum atomic E-state index is 13.7. The van der Waals surface area contributed by atoms with E-state index in [0.29, 0.717) is 19.4 Å². The van der Waals surface area contributed by atoms with Gasteiger partial charge in [-0.2, -0.15) is 4.31 Å². The van der Waals surface area contributed by atoms with Crippen molar-refractivity contribution in [3.05, 3.63) is 42.0 Å². The molecule has 0 saturated carbocycles. The van der Waals surface area contributed by atoms with Crippen LogP contribution in [0.5, 0.6) is 0 Å². The summed E-state index contributed by atoms with van der Waals surface area (Å²) in [4.78, 5) is 15.2. The highest BCUT2D eigenvalue weighted by molar-refractivity contribution is 7.89. The molecule has 1 amide bonds. The lowest BCUT2D eigenvalue weighted by Gasteiger charge is -2.50. The first-order chi connectivity index (χ1) is 15.8. The predicted octanol–water partition coefficient (Wildman–Crippen LogP) is 3.29. The Morgan fingerprint density at radius 1 is 1.29 bits per heavy atom. The van der Waals surface area contributed by atoms with Crippen molar-refractivity contribution in [2.24, 2.45) is 11.8 Å². The van der Waals surface area contributed by atoms with Gasteiger partial charge in [-0.15, -0.1) is 6.58 Å². The third-order valence-corrected chi connectivity index (χ3v) is 9.02. The first-order valence-corrected chi connectivity index (χ1v) is 13.3. The number of allylic oxidation sites excluding steroid dienone is 1. The van der Waals surface area contributed by atoms with Crippen molar-refractivity contribution in [3.8, 4) is 0 Å². The summed E-state index contributed by atoms with van der Waals surface area (Å²) in [5, 5.41) is 11.3. The van der Waals surface area contributed by atoms with Gasteiger partial charge in [0.15, 0.2) is 6.23 Å². The molecule has 8 nitrogen and oxygen atoms in total. The van der Waals surface area contributed by atoms with E-state index in [4.69, 9.17) is 9.47 Å². The highest BCUT2D eigenvalue weighted by atomic mass is 32.2. The lowest BCUT2D eigenvalue weighted by molar-refractivity contribution is -0.106. The fourth-order valence-electron chi connectivity index (χ4n) is 5.92. The van der Waals surface area contributed by atoms with Crippen LogP contribution in [-0.4, -0.2) is 72.0 Å². The van der Waals surface area contributed by atoms with E-state index in [-0.39, 0.29) is 29.9 Å². The summed E-state index contributed by atoms with van der Waals surface area (Å²) in [6, 6.07) is 6.67. The van der Waals surface area contributed by atoms with E-state index >= 15 is 0 Å². The predicted molar refractivity (Wildman–Crippen MR) is 128 cm³/mol. The molecule has 4 rings (SSSR count). The number of piperidine rings is 1. The molecule has 3 saturated heterocycles. The Bertz CT molecular complexity index is 1060. The van der Waals surface area contributed by atoms with E-state index < -0.39 is 39.6 Å². The zero-order valence-electron chi connectivity index (χ0n) is 20.7. The van der Waals surface area contributed by atoms with Crippen LogP contribution in [0.15, 0.2) is 41.3 Å². The van der Waals surface area contributed by atoms with E-state index in [1.54, 1.807) is 49.9 Å². The van der Waals surface area contributed by atoms with Gasteiger partial charge in [-0.05, 0) is 71.4 Å². The van der Waals surface area contributed by atoms with Gasteiger partial charge in [0.05, 0.1) is 11.5 Å². The molecule has 0 radical (unpaired) electrons. The average molecular weight is 493 g/mol. The number of carbonyl (C=O) groups excluding carboxylic acids is 1. The normalized spacial score (nSPS) is 31.8. The van der Waals surface area contributed by atoms with Crippen LogP contribution in [0.3, 0.4) is 0 Å². The van der Waals surface area contributed by atoms with Crippen LogP contribution in [0.4, 0.5) is 4.79 Å². The number of likely N-dealkylation sites (tertiary alicyclic amines) is 1. The number of hydrogen-bond acceptors (Lipinski definition) is 6. The topological polar surface area (TPSA) is 96.4 Å². The number of aliphatic hydroxyl groups excluding tert-OH is 1. The van der Waals surface area contributed by atoms with Gasteiger partial charge in [-0.3, -0.25) is 4.90 Å². The number of rotatable bonds is 4. The Labute approximate surface area is 202 Å². The molecule has 1 spiro atoms. The third-order valence-electron chi connectivity index (χ3n) is 7.16. The fraction of sp³-hybridized carbons (Fsp3) is 0.640. The highest BCUT2D eigenvalue weighted by Crippen LogP contribution is 2.55. The Hall–Kier alpha value is -1.94. The molecular formula is C25H36N2O6S. The van der Waals surface area contributed by atoms with Crippen molar-refractivity contribution < 1.29 is 27.8 Å². The van der Waals surface area contributed by atoms with Crippen molar-refractivity contribution in [1.82, 2.24) is 9.21 Å². The minimum Gasteiger partial charge on any atom is -0.444 e. The second kappa shape index (κ2) is 8.62. The zero-order chi connectivity index (χ0) is 25.1. The maximum Gasteiger partial charge on any atom is 0.411 e. The number of benzene rings is 1. The van der Waals surface area contributed by atoms with Gasteiger partial charge in [0.2, 0.25) is 10.0 Å². The quantitative estimate of drug-likeness (QED) is 0.648. The van der Waals surface area contributed by atoms with Crippen molar-refractivity contribution in [2.75, 3.05) is 19.7 Å². The molecule has 0 aliphatic carbocycles. The van der Waals surface area contributed by atoms with Gasteiger partial charge >= 0.3 is 6.09 Å². The molecule has 3 aliphatic rings. The van der Waals surface area contributed by atoms with Crippen LogP contribution in [0.1, 0.15) is 46.1 Å². The molecule has 34 heavy (non-hydrogen) atoms. The molecule has 1 aromatic carbocycles. The Kier molecular flexibility index (Phi) is 6.38. The number of ether oxygens (including phenoxy) is 2. The van der Waals surface area contributed by atoms with Crippen LogP contribution < -0.4 is 0 Å². The average Bonchev–Trinajstić information content (AvgIpc) is 3.23. The number of hydrogen-bond donors (Lipinski definition) is 1. The molecule has 1 aromatic rings. The number of nitrogens with zero attached hydrogens (tertiary/aromatic N) is 2. The number of carbonyl (C=O) groups is 1. The summed E-state index contributed by atoms with van der Waals surface area (Å²) in [6.07, 6.45) is -1.43. The van der Waals surface area contributed by atoms with E-state index in [1.807, 2.05) is 13.8 Å². The van der Waals surface area contributed by atoms with Crippen LogP contribution in [0.2, 0.25) is 0 Å². The Morgan fingerprint density at radius 3 is 2.53 bits per heavy atom. The molecule has 188 valence electrons. The third kappa shape index (κ3) is 4.06. The van der Waals surface area contributed by atoms with Crippen LogP contribution >= 0.6 is 0 Å². The second-order valence-corrected chi connectivity index (χ2v) is 12.8. The molecule has 0 aromatic heterocycles. The van der Waals surface area contributed by atoms with E-state index in [0.717, 1.165) is 11.1 Å². The molecular weight excluding hydrogens is 456 g/mol. The molecule has 3 fully saturated rings. The lowest BCUT2D eigenvalue weighted by Crippen LogP contribution is -2.70. The van der Waals surface area contributed by atoms with Gasteiger partial charge in [0.1, 0.15) is 17.2 Å². The summed E-state index contributed by atoms with van der Waals surface area (Å²) in [5.74, 6) is -0.128. The number of sulfonamides is 1. The maximum absolute atomic E-state index is 13.7. The zero-order valence-corrected chi connectivity index (χ0v) is 21.5. The molecule has 0 bridgehead atoms. The molecule has 3 aliphatic heterocycles. The molecule has 9 heteroatoms. The lowest BCUT2D eigenvalue weighted by atomic mass is 9.71. The van der Waals surface area contributed by atoms with E-state index in [9.17, 15) is 18.3 Å². The number of amides is 1. The summed E-state index contributed by atoms with van der Waals surface area (Å²) in [5.41, 5.74) is -0.0295. The van der Waals surface area contributed by atoms with Crippen molar-refractivity contribution >= 4 is 16.1 Å². The highest BCUT2D eigenvalue weighted by Gasteiger charge is 2.71. The number of aryl methyl sites for hydroxylation is 1. The standard InChI is InChI=1S/C25H36N2O6S/c1-16(2)13-18-14-26(23(29)33-24(4,5)6)25-20(18)11-12-27(22(25)32-15-21(25)28)34(30,31)19-9-7-17(3)8-10-19/h7-10,18,20-22,28H,1,11-15H2,2-6H3/t18-,20-,21-,22-,25?/m0/s1. The fourth-order valence-corrected chi connectivity index (χ4v) is 7.49. The van der Waals surface area contributed by atoms with Gasteiger partial charge in [0.25, 0.3) is 0 Å². The Balaban J connectivity index is 1.79. The minimum atomic E-state index is -3.92. The van der Waals surface area contributed by atoms with E-state index in [1.165, 1.54) is 4.31 Å². The van der Waals surface area contributed by atoms with Crippen LogP contribution in [-0.2, 0) is 19.5 Å². The van der Waals surface area contributed by atoms with Gasteiger partial charge in [-0.25, -0.2) is 13.2 Å². The minimum absolute atomic E-state index is 0.0214. The molecule has 5 atom stereocenters. The van der Waals surface area contributed by atoms with Gasteiger partial charge < -0.3 is 14.6 Å². The van der Waals surface area contributed by atoms with Crippen molar-refractivity contribution in [1.29, 1.82) is 0 Å². The van der Waals surface area contributed by atoms with Crippen LogP contribution in [0.25, 0.3) is 0 Å². The molecule has 1 N–H and O–H groups in total. The monoisotopic (exact) mass is 492 g/mol. The van der Waals surface area contributed by atoms with Crippen molar-refractivity contribution in [3.63, 3.8) is 0 Å². The van der Waals surface area contributed by atoms with Gasteiger partial charge in [-0.1, -0.05) is 23.3 Å². The van der Waals surface area contributed by atoms with Crippen molar-refractivity contribution in [2.45, 2.75) is 75.8 Å². The van der Waals surface area contributed by atoms with Crippen LogP contribution in [0, 0.1) is 18.8 Å². The summed E-state index contributed by atoms with van der Waals surface area (Å²) in [7, 11) is -3.92. The first kappa shape index (κ1) is 25.2. The summed E-state index contributed by atoms with van der Waals surface area (Å²) in [6.45, 7) is 13.8. The first-order valence-electron chi connectivity index (χ1n) is 11.8. The largest absolute Gasteiger partial charge is 0.444 e. The number of aliphatic hydroxyl groups is 1. The smallest absolute Gasteiger partial charge is 0.411 e.